The highest BCUT2D eigenvalue weighted by Gasteiger charge is 1.99. The zero-order valence-corrected chi connectivity index (χ0v) is 14.4. The number of furan rings is 1. The van der Waals surface area contributed by atoms with Crippen LogP contribution >= 0.6 is 11.3 Å². The fraction of sp³-hybridized carbons (Fsp3) is 0.471. The Morgan fingerprint density at radius 2 is 2.26 bits per heavy atom. The van der Waals surface area contributed by atoms with Gasteiger partial charge in [0.15, 0.2) is 5.96 Å². The molecule has 0 fully saturated rings. The molecule has 2 N–H and O–H groups in total. The number of nitrogens with zero attached hydrogens (tertiary/aromatic N) is 1. The third kappa shape index (κ3) is 7.34. The maximum absolute atomic E-state index is 5.55. The summed E-state index contributed by atoms with van der Waals surface area (Å²) >= 11 is 1.79. The second kappa shape index (κ2) is 10.9. The summed E-state index contributed by atoms with van der Waals surface area (Å²) in [5, 5.41) is 8.73. The van der Waals surface area contributed by atoms with Crippen LogP contribution in [0, 0.1) is 0 Å². The van der Waals surface area contributed by atoms with Gasteiger partial charge in [-0.2, -0.15) is 0 Å². The molecule has 5 nitrogen and oxygen atoms in total. The molecule has 23 heavy (non-hydrogen) atoms. The Kier molecular flexibility index (Phi) is 8.29. The molecule has 0 amide bonds. The molecule has 0 aliphatic heterocycles. The Morgan fingerprint density at radius 3 is 3.00 bits per heavy atom. The molecule has 2 aromatic heterocycles. The molecule has 0 aliphatic carbocycles. The van der Waals surface area contributed by atoms with Crippen molar-refractivity contribution >= 4 is 17.3 Å². The van der Waals surface area contributed by atoms with E-state index in [1.54, 1.807) is 17.6 Å². The van der Waals surface area contributed by atoms with Gasteiger partial charge in [0.05, 0.1) is 6.26 Å². The number of rotatable bonds is 10. The first-order valence-corrected chi connectivity index (χ1v) is 8.91. The number of hydrogen-bond donors (Lipinski definition) is 2. The molecule has 2 aromatic rings. The second-order valence-electron chi connectivity index (χ2n) is 5.00. The van der Waals surface area contributed by atoms with Gasteiger partial charge in [-0.1, -0.05) is 6.07 Å². The van der Waals surface area contributed by atoms with E-state index in [0.717, 1.165) is 44.2 Å². The van der Waals surface area contributed by atoms with Crippen molar-refractivity contribution < 1.29 is 9.15 Å². The standard InChI is InChI=1S/C17H25N3O2S/c1-2-18-17(20-10-8-16-7-4-13-23-16)19-9-5-11-21-14-15-6-3-12-22-15/h3-4,6-7,12-13H,2,5,8-11,14H2,1H3,(H2,18,19,20). The summed E-state index contributed by atoms with van der Waals surface area (Å²) in [4.78, 5) is 5.95. The molecule has 0 atom stereocenters. The van der Waals surface area contributed by atoms with E-state index in [1.807, 2.05) is 12.1 Å². The predicted molar refractivity (Wildman–Crippen MR) is 95.0 cm³/mol. The fourth-order valence-electron chi connectivity index (χ4n) is 2.03. The molecule has 0 spiro atoms. The van der Waals surface area contributed by atoms with Gasteiger partial charge in [0, 0.05) is 31.1 Å². The van der Waals surface area contributed by atoms with Crippen LogP contribution in [0.25, 0.3) is 0 Å². The number of nitrogens with one attached hydrogen (secondary N) is 2. The predicted octanol–water partition coefficient (Wildman–Crippen LogP) is 3.05. The van der Waals surface area contributed by atoms with Crippen LogP contribution in [0.5, 0.6) is 0 Å². The molecule has 2 rings (SSSR count). The number of thiophene rings is 1. The van der Waals surface area contributed by atoms with E-state index in [9.17, 15) is 0 Å². The second-order valence-corrected chi connectivity index (χ2v) is 6.03. The fourth-order valence-corrected chi connectivity index (χ4v) is 2.73. The SMILES string of the molecule is CCNC(=NCCCOCc1ccco1)NCCc1cccs1. The highest BCUT2D eigenvalue weighted by Crippen LogP contribution is 2.08. The zero-order chi connectivity index (χ0) is 16.2. The van der Waals surface area contributed by atoms with Crippen molar-refractivity contribution in [3.05, 3.63) is 46.5 Å². The molecule has 0 saturated carbocycles. The minimum atomic E-state index is 0.524. The number of aliphatic imine (C=N–C) groups is 1. The summed E-state index contributed by atoms with van der Waals surface area (Å²) in [5.74, 6) is 1.73. The minimum absolute atomic E-state index is 0.524. The maximum atomic E-state index is 5.55. The molecule has 0 unspecified atom stereocenters. The van der Waals surface area contributed by atoms with Gasteiger partial charge >= 0.3 is 0 Å². The summed E-state index contributed by atoms with van der Waals surface area (Å²) in [7, 11) is 0. The normalized spacial score (nSPS) is 11.6. The van der Waals surface area contributed by atoms with Crippen molar-refractivity contribution in [3.63, 3.8) is 0 Å². The third-order valence-electron chi connectivity index (χ3n) is 3.13. The molecule has 0 saturated heterocycles. The first-order valence-electron chi connectivity index (χ1n) is 8.03. The monoisotopic (exact) mass is 335 g/mol. The third-order valence-corrected chi connectivity index (χ3v) is 4.07. The van der Waals surface area contributed by atoms with Crippen LogP contribution in [0.1, 0.15) is 24.0 Å². The van der Waals surface area contributed by atoms with Crippen molar-refractivity contribution in [3.8, 4) is 0 Å². The largest absolute Gasteiger partial charge is 0.467 e. The van der Waals surface area contributed by atoms with Gasteiger partial charge < -0.3 is 19.8 Å². The summed E-state index contributed by atoms with van der Waals surface area (Å²) in [6.45, 7) is 5.77. The lowest BCUT2D eigenvalue weighted by Gasteiger charge is -2.10. The lowest BCUT2D eigenvalue weighted by molar-refractivity contribution is 0.105. The van der Waals surface area contributed by atoms with Crippen molar-refractivity contribution in [2.75, 3.05) is 26.2 Å². The van der Waals surface area contributed by atoms with Crippen molar-refractivity contribution in [1.82, 2.24) is 10.6 Å². The summed E-state index contributed by atoms with van der Waals surface area (Å²) in [6.07, 6.45) is 3.57. The maximum Gasteiger partial charge on any atom is 0.191 e. The van der Waals surface area contributed by atoms with Crippen molar-refractivity contribution in [2.24, 2.45) is 4.99 Å². The van der Waals surface area contributed by atoms with Crippen molar-refractivity contribution in [2.45, 2.75) is 26.4 Å². The van der Waals surface area contributed by atoms with Crippen LogP contribution < -0.4 is 10.6 Å². The number of guanidine groups is 1. The Hall–Kier alpha value is -1.79. The lowest BCUT2D eigenvalue weighted by atomic mass is 10.3. The van der Waals surface area contributed by atoms with Crippen LogP contribution in [-0.2, 0) is 17.8 Å². The minimum Gasteiger partial charge on any atom is -0.467 e. The van der Waals surface area contributed by atoms with Gasteiger partial charge in [-0.05, 0) is 43.3 Å². The van der Waals surface area contributed by atoms with E-state index in [4.69, 9.17) is 9.15 Å². The quantitative estimate of drug-likeness (QED) is 0.398. The Bertz CT molecular complexity index is 538. The molecule has 6 heteroatoms. The summed E-state index contributed by atoms with van der Waals surface area (Å²) in [5.41, 5.74) is 0. The van der Waals surface area contributed by atoms with Crippen LogP contribution in [-0.4, -0.2) is 32.2 Å². The average molecular weight is 335 g/mol. The van der Waals surface area contributed by atoms with E-state index < -0.39 is 0 Å². The van der Waals surface area contributed by atoms with Crippen LogP contribution in [0.3, 0.4) is 0 Å². The van der Waals surface area contributed by atoms with Crippen LogP contribution in [0.15, 0.2) is 45.3 Å². The van der Waals surface area contributed by atoms with E-state index >= 15 is 0 Å². The smallest absolute Gasteiger partial charge is 0.191 e. The summed E-state index contributed by atoms with van der Waals surface area (Å²) in [6, 6.07) is 8.03. The van der Waals surface area contributed by atoms with Gasteiger partial charge in [-0.25, -0.2) is 0 Å². The van der Waals surface area contributed by atoms with E-state index in [1.165, 1.54) is 4.88 Å². The van der Waals surface area contributed by atoms with E-state index in [2.05, 4.69) is 40.1 Å². The molecule has 0 bridgehead atoms. The van der Waals surface area contributed by atoms with Gasteiger partial charge in [0.25, 0.3) is 0 Å². The van der Waals surface area contributed by atoms with Crippen LogP contribution in [0.4, 0.5) is 0 Å². The zero-order valence-electron chi connectivity index (χ0n) is 13.6. The van der Waals surface area contributed by atoms with Crippen LogP contribution in [0.2, 0.25) is 0 Å². The highest BCUT2D eigenvalue weighted by atomic mass is 32.1. The molecule has 0 aromatic carbocycles. The first-order chi connectivity index (χ1) is 11.4. The van der Waals surface area contributed by atoms with Gasteiger partial charge in [0.2, 0.25) is 0 Å². The summed E-state index contributed by atoms with van der Waals surface area (Å²) < 4.78 is 10.8. The molecular weight excluding hydrogens is 310 g/mol. The lowest BCUT2D eigenvalue weighted by Crippen LogP contribution is -2.38. The molecule has 126 valence electrons. The average Bonchev–Trinajstić information content (AvgIpc) is 3.24. The molecule has 0 radical (unpaired) electrons. The van der Waals surface area contributed by atoms with E-state index in [0.29, 0.717) is 13.2 Å². The van der Waals surface area contributed by atoms with Gasteiger partial charge in [-0.15, -0.1) is 11.3 Å². The Morgan fingerprint density at radius 1 is 1.30 bits per heavy atom. The topological polar surface area (TPSA) is 58.8 Å². The first kappa shape index (κ1) is 17.6. The molecule has 2 heterocycles. The molecular formula is C17H25N3O2S. The number of hydrogen-bond acceptors (Lipinski definition) is 4. The Labute approximate surface area is 141 Å². The highest BCUT2D eigenvalue weighted by molar-refractivity contribution is 7.09. The number of ether oxygens (including phenoxy) is 1. The van der Waals surface area contributed by atoms with Crippen molar-refractivity contribution in [1.29, 1.82) is 0 Å². The van der Waals surface area contributed by atoms with Gasteiger partial charge in [-0.3, -0.25) is 4.99 Å². The van der Waals surface area contributed by atoms with E-state index in [-0.39, 0.29) is 0 Å². The Balaban J connectivity index is 1.58. The molecule has 0 aliphatic rings. The van der Waals surface area contributed by atoms with Gasteiger partial charge in [0.1, 0.15) is 12.4 Å².